The Hall–Kier alpha value is -4.10. The third-order valence-corrected chi connectivity index (χ3v) is 6.71. The fourth-order valence-corrected chi connectivity index (χ4v) is 4.84. The molecule has 0 heterocycles. The van der Waals surface area contributed by atoms with E-state index in [2.05, 4.69) is 9.64 Å². The van der Waals surface area contributed by atoms with Crippen molar-refractivity contribution < 1.29 is 27.4 Å². The monoisotopic (exact) mass is 547 g/mol. The van der Waals surface area contributed by atoms with Gasteiger partial charge in [0.2, 0.25) is 0 Å². The molecule has 0 aliphatic heterocycles. The average Bonchev–Trinajstić information content (AvgIpc) is 2.95. The number of carbonyl (C=O) groups is 1. The zero-order valence-electron chi connectivity index (χ0n) is 22.5. The van der Waals surface area contributed by atoms with Gasteiger partial charge >= 0.3 is 12.3 Å². The molecule has 2 atom stereocenters. The van der Waals surface area contributed by atoms with Gasteiger partial charge in [-0.1, -0.05) is 91.0 Å². The van der Waals surface area contributed by atoms with E-state index in [1.165, 1.54) is 12.1 Å². The molecular formula is C33H32F3NO3. The Morgan fingerprint density at radius 3 is 2.00 bits per heavy atom. The van der Waals surface area contributed by atoms with Crippen molar-refractivity contribution in [1.82, 2.24) is 4.90 Å². The van der Waals surface area contributed by atoms with Crippen LogP contribution >= 0.6 is 0 Å². The molecule has 0 radical (unpaired) electrons. The Balaban J connectivity index is 1.88. The molecule has 0 aliphatic rings. The zero-order valence-corrected chi connectivity index (χ0v) is 22.5. The van der Waals surface area contributed by atoms with Crippen LogP contribution in [0.1, 0.15) is 49.0 Å². The first-order valence-corrected chi connectivity index (χ1v) is 13.2. The molecule has 0 amide bonds. The molecule has 4 nitrogen and oxygen atoms in total. The minimum Gasteiger partial charge on any atom is -0.466 e. The van der Waals surface area contributed by atoms with Crippen LogP contribution in [-0.4, -0.2) is 23.8 Å². The lowest BCUT2D eigenvalue weighted by Gasteiger charge is -2.37. The average molecular weight is 548 g/mol. The normalized spacial score (nSPS) is 13.1. The van der Waals surface area contributed by atoms with Crippen molar-refractivity contribution in [2.75, 3.05) is 6.61 Å². The number of rotatable bonds is 11. The smallest absolute Gasteiger partial charge is 0.466 e. The first-order valence-electron chi connectivity index (χ1n) is 13.2. The topological polar surface area (TPSA) is 38.8 Å². The molecular weight excluding hydrogens is 515 g/mol. The Bertz CT molecular complexity index is 1360. The third-order valence-electron chi connectivity index (χ3n) is 6.71. The van der Waals surface area contributed by atoms with Gasteiger partial charge in [0.1, 0.15) is 5.75 Å². The Morgan fingerprint density at radius 1 is 0.800 bits per heavy atom. The predicted molar refractivity (Wildman–Crippen MR) is 149 cm³/mol. The van der Waals surface area contributed by atoms with Crippen LogP contribution in [0, 0.1) is 0 Å². The summed E-state index contributed by atoms with van der Waals surface area (Å²) in [6.07, 6.45) is -4.92. The van der Waals surface area contributed by atoms with Crippen molar-refractivity contribution in [3.8, 4) is 16.9 Å². The van der Waals surface area contributed by atoms with E-state index in [0.29, 0.717) is 17.7 Å². The summed E-state index contributed by atoms with van der Waals surface area (Å²) in [5.74, 6) is -0.779. The fraction of sp³-hybridized carbons (Fsp3) is 0.242. The fourth-order valence-electron chi connectivity index (χ4n) is 4.84. The largest absolute Gasteiger partial charge is 0.573 e. The van der Waals surface area contributed by atoms with Crippen LogP contribution in [-0.2, 0) is 16.1 Å². The van der Waals surface area contributed by atoms with E-state index >= 15 is 0 Å². The van der Waals surface area contributed by atoms with Gasteiger partial charge in [-0.15, -0.1) is 13.2 Å². The number of hydrogen-bond donors (Lipinski definition) is 0. The molecule has 0 fully saturated rings. The molecule has 0 aliphatic carbocycles. The van der Waals surface area contributed by atoms with Crippen LogP contribution in [0.2, 0.25) is 0 Å². The van der Waals surface area contributed by atoms with Gasteiger partial charge in [0.25, 0.3) is 0 Å². The van der Waals surface area contributed by atoms with Gasteiger partial charge in [-0.2, -0.15) is 0 Å². The van der Waals surface area contributed by atoms with Crippen molar-refractivity contribution in [1.29, 1.82) is 0 Å². The van der Waals surface area contributed by atoms with E-state index in [1.807, 2.05) is 104 Å². The predicted octanol–water partition coefficient (Wildman–Crippen LogP) is 8.51. The lowest BCUT2D eigenvalue weighted by atomic mass is 9.93. The van der Waals surface area contributed by atoms with Crippen molar-refractivity contribution in [2.24, 2.45) is 0 Å². The van der Waals surface area contributed by atoms with Gasteiger partial charge in [-0.05, 0) is 59.9 Å². The minimum atomic E-state index is -4.87. The van der Waals surface area contributed by atoms with Gasteiger partial charge in [-0.25, -0.2) is 0 Å². The first-order chi connectivity index (χ1) is 19.2. The van der Waals surface area contributed by atoms with Crippen molar-refractivity contribution in [3.63, 3.8) is 0 Å². The Kier molecular flexibility index (Phi) is 9.61. The van der Waals surface area contributed by atoms with Crippen LogP contribution in [0.25, 0.3) is 11.1 Å². The minimum absolute atomic E-state index is 0.0540. The van der Waals surface area contributed by atoms with Crippen LogP contribution in [0.5, 0.6) is 5.75 Å². The molecule has 0 saturated heterocycles. The highest BCUT2D eigenvalue weighted by molar-refractivity contribution is 5.71. The zero-order chi connectivity index (χ0) is 28.5. The highest BCUT2D eigenvalue weighted by Gasteiger charge is 2.33. The summed E-state index contributed by atoms with van der Waals surface area (Å²) in [5.41, 5.74) is 3.82. The molecule has 0 N–H and O–H groups in total. The van der Waals surface area contributed by atoms with E-state index < -0.39 is 18.4 Å². The molecule has 0 unspecified atom stereocenters. The van der Waals surface area contributed by atoms with Gasteiger partial charge in [0.05, 0.1) is 13.0 Å². The number of alkyl halides is 3. The molecule has 208 valence electrons. The molecule has 7 heteroatoms. The highest BCUT2D eigenvalue weighted by atomic mass is 19.4. The third kappa shape index (κ3) is 7.96. The SMILES string of the molecule is CCOC(=O)C[C@@H](c1cc(OC(F)(F)F)cc(-c2ccccc2)c1)N(Cc1ccccc1)[C@H](C)c1ccccc1. The molecule has 4 rings (SSSR count). The molecule has 40 heavy (non-hydrogen) atoms. The van der Waals surface area contributed by atoms with Crippen molar-refractivity contribution >= 4 is 5.97 Å². The number of carbonyl (C=O) groups excluding carboxylic acids is 1. The van der Waals surface area contributed by atoms with Gasteiger partial charge < -0.3 is 9.47 Å². The second-order valence-corrected chi connectivity index (χ2v) is 9.47. The van der Waals surface area contributed by atoms with Crippen LogP contribution in [0.3, 0.4) is 0 Å². The maximum atomic E-state index is 13.4. The molecule has 0 bridgehead atoms. The maximum absolute atomic E-state index is 13.4. The van der Waals surface area contributed by atoms with Gasteiger partial charge in [-0.3, -0.25) is 9.69 Å². The summed E-state index contributed by atoms with van der Waals surface area (Å²) < 4.78 is 50.0. The second-order valence-electron chi connectivity index (χ2n) is 9.47. The molecule has 0 aromatic heterocycles. The molecule has 0 spiro atoms. The lowest BCUT2D eigenvalue weighted by molar-refractivity contribution is -0.274. The van der Waals surface area contributed by atoms with Crippen LogP contribution in [0.4, 0.5) is 13.2 Å². The van der Waals surface area contributed by atoms with Gasteiger partial charge in [0, 0.05) is 18.6 Å². The quantitative estimate of drug-likeness (QED) is 0.177. The van der Waals surface area contributed by atoms with E-state index in [4.69, 9.17) is 4.74 Å². The summed E-state index contributed by atoms with van der Waals surface area (Å²) in [7, 11) is 0. The van der Waals surface area contributed by atoms with Crippen LogP contribution < -0.4 is 4.74 Å². The van der Waals surface area contributed by atoms with Crippen LogP contribution in [0.15, 0.2) is 109 Å². The number of ether oxygens (including phenoxy) is 2. The van der Waals surface area contributed by atoms with Gasteiger partial charge in [0.15, 0.2) is 0 Å². The van der Waals surface area contributed by atoms with Crippen molar-refractivity contribution in [2.45, 2.75) is 45.3 Å². The molecule has 4 aromatic carbocycles. The van der Waals surface area contributed by atoms with E-state index in [0.717, 1.165) is 16.7 Å². The number of nitrogens with zero attached hydrogens (tertiary/aromatic N) is 1. The second kappa shape index (κ2) is 13.3. The number of benzene rings is 4. The number of esters is 1. The Morgan fingerprint density at radius 2 is 1.40 bits per heavy atom. The van der Waals surface area contributed by atoms with E-state index in [1.54, 1.807) is 6.92 Å². The summed E-state index contributed by atoms with van der Waals surface area (Å²) in [5, 5.41) is 0. The summed E-state index contributed by atoms with van der Waals surface area (Å²) in [4.78, 5) is 15.1. The highest BCUT2D eigenvalue weighted by Crippen LogP contribution is 2.39. The molecule has 4 aromatic rings. The van der Waals surface area contributed by atoms with E-state index in [-0.39, 0.29) is 24.8 Å². The summed E-state index contributed by atoms with van der Waals surface area (Å²) in [6.45, 7) is 4.41. The van der Waals surface area contributed by atoms with Crippen molar-refractivity contribution in [3.05, 3.63) is 126 Å². The summed E-state index contributed by atoms with van der Waals surface area (Å²) >= 11 is 0. The van der Waals surface area contributed by atoms with E-state index in [9.17, 15) is 18.0 Å². The first kappa shape index (κ1) is 28.9. The summed E-state index contributed by atoms with van der Waals surface area (Å²) in [6, 6.07) is 32.5. The molecule has 0 saturated carbocycles. The number of hydrogen-bond acceptors (Lipinski definition) is 4. The Labute approximate surface area is 233 Å². The standard InChI is InChI=1S/C33H32F3NO3/c1-3-39-32(38)22-31(37(23-25-13-7-4-8-14-25)24(2)26-15-9-5-10-16-26)29-19-28(27-17-11-6-12-18-27)20-30(21-29)40-33(34,35)36/h4-21,24,31H,3,22-23H2,1-2H3/t24-,31+/m1/s1. The number of halogens is 3. The lowest BCUT2D eigenvalue weighted by Crippen LogP contribution is -2.33. The maximum Gasteiger partial charge on any atom is 0.573 e.